The number of aromatic nitrogens is 1. The minimum Gasteiger partial charge on any atom is -0.347 e. The van der Waals surface area contributed by atoms with Crippen LogP contribution in [0.1, 0.15) is 0 Å². The molecule has 1 nitrogen and oxygen atoms in total. The van der Waals surface area contributed by atoms with Crippen LogP contribution in [0.15, 0.2) is 32.2 Å². The number of hydrogen-bond donors (Lipinski definition) is 1. The van der Waals surface area contributed by atoms with Crippen molar-refractivity contribution in [3.05, 3.63) is 37.2 Å². The molecule has 0 radical (unpaired) electrons. The van der Waals surface area contributed by atoms with Crippen molar-refractivity contribution >= 4 is 84.9 Å². The number of H-pyrrole nitrogens is 1. The Morgan fingerprint density at radius 3 is 2.30 bits per heavy atom. The second-order valence-electron chi connectivity index (χ2n) is 3.77. The molecule has 1 aromatic heterocycles. The van der Waals surface area contributed by atoms with Gasteiger partial charge in [0.05, 0.1) is 24.7 Å². The fourth-order valence-corrected chi connectivity index (χ4v) is 5.60. The smallest absolute Gasteiger partial charge is 0.150 e. The van der Waals surface area contributed by atoms with E-state index in [4.69, 9.17) is 44.6 Å². The molecule has 0 fully saturated rings. The second kappa shape index (κ2) is 6.57. The van der Waals surface area contributed by atoms with Crippen LogP contribution in [-0.2, 0) is 0 Å². The van der Waals surface area contributed by atoms with Gasteiger partial charge in [0.25, 0.3) is 0 Å². The van der Waals surface area contributed by atoms with Gasteiger partial charge in [-0.1, -0.05) is 29.3 Å². The zero-order valence-electron chi connectivity index (χ0n) is 9.49. The summed E-state index contributed by atoms with van der Waals surface area (Å²) in [6.45, 7) is 0. The Morgan fingerprint density at radius 1 is 1.10 bits per heavy atom. The van der Waals surface area contributed by atoms with Gasteiger partial charge in [0, 0.05) is 5.56 Å². The lowest BCUT2D eigenvalue weighted by molar-refractivity contribution is 0.603. The molecule has 0 saturated heterocycles. The van der Waals surface area contributed by atoms with Gasteiger partial charge < -0.3 is 4.98 Å². The highest BCUT2D eigenvalue weighted by atomic mass is 79.9. The van der Waals surface area contributed by atoms with Crippen LogP contribution >= 0.6 is 84.9 Å². The average Bonchev–Trinajstić information content (AvgIpc) is 2.70. The second-order valence-corrected chi connectivity index (χ2v) is 11.6. The normalized spacial score (nSPS) is 12.8. The maximum absolute atomic E-state index is 13.0. The van der Waals surface area contributed by atoms with Crippen molar-refractivity contribution in [3.63, 3.8) is 0 Å². The van der Waals surface area contributed by atoms with Crippen LogP contribution in [-0.4, -0.2) is 11.0 Å². The minimum absolute atomic E-state index is 0.413. The van der Waals surface area contributed by atoms with Gasteiger partial charge in [0.15, 0.2) is 0 Å². The number of hydrogen-bond acceptors (Lipinski definition) is 0. The third-order valence-electron chi connectivity index (χ3n) is 2.49. The summed E-state index contributed by atoms with van der Waals surface area (Å²) in [6, 6.07) is 4.32. The molecule has 9 heteroatoms. The lowest BCUT2D eigenvalue weighted by Gasteiger charge is -2.19. The molecule has 0 unspecified atom stereocenters. The standard InChI is InChI=1S/C11H6Br2Cl4FNS/c12-8-9(13)11(20(16,17)4-18)19-10(8)5-1-2-6(14)7(15)3-5/h1-3,19H,4H2. The van der Waals surface area contributed by atoms with Crippen molar-refractivity contribution in [1.82, 2.24) is 4.98 Å². The van der Waals surface area contributed by atoms with Gasteiger partial charge in [-0.05, 0) is 73.8 Å². The van der Waals surface area contributed by atoms with Gasteiger partial charge >= 0.3 is 0 Å². The number of aromatic amines is 1. The Labute approximate surface area is 152 Å². The van der Waals surface area contributed by atoms with Crippen LogP contribution in [0.25, 0.3) is 11.3 Å². The zero-order valence-corrected chi connectivity index (χ0v) is 16.5. The first-order valence-electron chi connectivity index (χ1n) is 5.06. The quantitative estimate of drug-likeness (QED) is 0.437. The predicted octanol–water partition coefficient (Wildman–Crippen LogP) is 7.91. The summed E-state index contributed by atoms with van der Waals surface area (Å²) in [5.41, 5.74) is 1.47. The van der Waals surface area contributed by atoms with Crippen molar-refractivity contribution in [3.8, 4) is 11.3 Å². The van der Waals surface area contributed by atoms with E-state index in [1.165, 1.54) is 0 Å². The monoisotopic (exact) mass is 501 g/mol. The SMILES string of the molecule is FCS(Cl)(Cl)c1[nH]c(-c2ccc(Cl)c(Cl)c2)c(Br)c1Br. The highest BCUT2D eigenvalue weighted by Crippen LogP contribution is 2.67. The van der Waals surface area contributed by atoms with Gasteiger partial charge in [-0.25, -0.2) is 4.39 Å². The first kappa shape index (κ1) is 17.3. The van der Waals surface area contributed by atoms with E-state index in [9.17, 15) is 4.39 Å². The van der Waals surface area contributed by atoms with E-state index in [-0.39, 0.29) is 0 Å². The van der Waals surface area contributed by atoms with E-state index >= 15 is 0 Å². The van der Waals surface area contributed by atoms with Gasteiger partial charge in [-0.15, -0.1) is 0 Å². The predicted molar refractivity (Wildman–Crippen MR) is 95.2 cm³/mol. The van der Waals surface area contributed by atoms with Crippen molar-refractivity contribution in [2.75, 3.05) is 6.01 Å². The number of halogens is 7. The number of nitrogens with one attached hydrogen (secondary N) is 1. The summed E-state index contributed by atoms with van der Waals surface area (Å²) in [7, 11) is 9.48. The van der Waals surface area contributed by atoms with E-state index in [2.05, 4.69) is 36.8 Å². The Balaban J connectivity index is 2.59. The molecule has 0 spiro atoms. The summed E-state index contributed by atoms with van der Waals surface area (Å²) in [6.07, 6.45) is 0. The zero-order chi connectivity index (χ0) is 15.1. The third kappa shape index (κ3) is 3.29. The van der Waals surface area contributed by atoms with Crippen molar-refractivity contribution in [2.24, 2.45) is 0 Å². The summed E-state index contributed by atoms with van der Waals surface area (Å²) in [5, 5.41) is 1.29. The van der Waals surface area contributed by atoms with E-state index < -0.39 is 14.5 Å². The molecule has 0 aliphatic heterocycles. The first-order valence-corrected chi connectivity index (χ1v) is 10.9. The highest BCUT2D eigenvalue weighted by Gasteiger charge is 2.29. The van der Waals surface area contributed by atoms with Crippen molar-refractivity contribution in [1.29, 1.82) is 0 Å². The lowest BCUT2D eigenvalue weighted by Crippen LogP contribution is -1.88. The van der Waals surface area contributed by atoms with E-state index in [0.717, 1.165) is 5.56 Å². The molecule has 2 rings (SSSR count). The maximum atomic E-state index is 13.0. The van der Waals surface area contributed by atoms with Crippen LogP contribution in [0.3, 0.4) is 0 Å². The molecular weight excluding hydrogens is 499 g/mol. The summed E-state index contributed by atoms with van der Waals surface area (Å²) in [5.74, 6) is 0. The van der Waals surface area contributed by atoms with Crippen LogP contribution in [0.4, 0.5) is 4.39 Å². The molecule has 0 aliphatic carbocycles. The van der Waals surface area contributed by atoms with E-state index in [0.29, 0.717) is 29.7 Å². The molecule has 1 aromatic carbocycles. The first-order chi connectivity index (χ1) is 9.27. The molecule has 2 aromatic rings. The number of alkyl halides is 1. The molecule has 0 bridgehead atoms. The van der Waals surface area contributed by atoms with Crippen molar-refractivity contribution < 1.29 is 4.39 Å². The Morgan fingerprint density at radius 2 is 1.75 bits per heavy atom. The van der Waals surface area contributed by atoms with Crippen LogP contribution in [0.2, 0.25) is 10.0 Å². The summed E-state index contributed by atoms with van der Waals surface area (Å²) < 4.78 is 14.3. The molecule has 0 amide bonds. The molecule has 1 heterocycles. The van der Waals surface area contributed by atoms with Crippen LogP contribution in [0.5, 0.6) is 0 Å². The number of benzene rings is 1. The van der Waals surface area contributed by atoms with E-state index in [1.807, 2.05) is 0 Å². The van der Waals surface area contributed by atoms with Crippen LogP contribution in [0, 0.1) is 0 Å². The summed E-state index contributed by atoms with van der Waals surface area (Å²) >= 11 is 18.7. The molecular formula is C11H6Br2Cl4FNS. The Bertz CT molecular complexity index is 662. The lowest BCUT2D eigenvalue weighted by atomic mass is 10.1. The Kier molecular flexibility index (Phi) is 5.67. The highest BCUT2D eigenvalue weighted by molar-refractivity contribution is 9.13. The largest absolute Gasteiger partial charge is 0.347 e. The molecule has 20 heavy (non-hydrogen) atoms. The fourth-order valence-electron chi connectivity index (χ4n) is 1.54. The minimum atomic E-state index is -2.57. The fraction of sp³-hybridized carbons (Fsp3) is 0.0909. The van der Waals surface area contributed by atoms with Crippen molar-refractivity contribution in [2.45, 2.75) is 5.03 Å². The average molecular weight is 505 g/mol. The number of rotatable bonds is 3. The molecule has 1 N–H and O–H groups in total. The Hall–Kier alpha value is 0.900. The van der Waals surface area contributed by atoms with E-state index in [1.54, 1.807) is 18.2 Å². The van der Waals surface area contributed by atoms with Gasteiger partial charge in [-0.2, -0.15) is 0 Å². The molecule has 110 valence electrons. The third-order valence-corrected chi connectivity index (χ3v) is 8.21. The van der Waals surface area contributed by atoms with Crippen LogP contribution < -0.4 is 0 Å². The van der Waals surface area contributed by atoms with Gasteiger partial charge in [0.2, 0.25) is 0 Å². The molecule has 0 aliphatic rings. The van der Waals surface area contributed by atoms with Gasteiger partial charge in [-0.3, -0.25) is 0 Å². The topological polar surface area (TPSA) is 15.8 Å². The summed E-state index contributed by atoms with van der Waals surface area (Å²) in [4.78, 5) is 3.04. The van der Waals surface area contributed by atoms with Gasteiger partial charge in [0.1, 0.15) is 11.0 Å². The molecule has 0 saturated carbocycles. The maximum Gasteiger partial charge on any atom is 0.150 e. The molecule has 0 atom stereocenters.